The number of hydrogen-bond acceptors (Lipinski definition) is 3. The molecule has 2 aromatic carbocycles. The Morgan fingerprint density at radius 1 is 1.05 bits per heavy atom. The summed E-state index contributed by atoms with van der Waals surface area (Å²) in [5.41, 5.74) is 1.50. The summed E-state index contributed by atoms with van der Waals surface area (Å²) < 4.78 is 24.3. The fraction of sp³-hybridized carbons (Fsp3) is 0.143. The van der Waals surface area contributed by atoms with Gasteiger partial charge in [0.15, 0.2) is 9.84 Å². The lowest BCUT2D eigenvalue weighted by Gasteiger charge is -2.10. The highest BCUT2D eigenvalue weighted by Crippen LogP contribution is 2.26. The van der Waals surface area contributed by atoms with E-state index in [9.17, 15) is 8.42 Å². The molecule has 0 aliphatic heterocycles. The van der Waals surface area contributed by atoms with E-state index in [2.05, 4.69) is 5.32 Å². The Morgan fingerprint density at radius 3 is 2.35 bits per heavy atom. The van der Waals surface area contributed by atoms with Crippen LogP contribution in [-0.2, 0) is 9.84 Å². The van der Waals surface area contributed by atoms with Gasteiger partial charge < -0.3 is 5.32 Å². The second-order valence-electron chi connectivity index (χ2n) is 4.37. The summed E-state index contributed by atoms with van der Waals surface area (Å²) in [6, 6.07) is 11.6. The summed E-state index contributed by atoms with van der Waals surface area (Å²) in [5.74, 6) is -0.240. The highest BCUT2D eigenvalue weighted by Gasteiger charge is 2.14. The number of anilines is 1. The highest BCUT2D eigenvalue weighted by atomic mass is 35.5. The van der Waals surface area contributed by atoms with Crippen molar-refractivity contribution in [1.82, 2.24) is 0 Å². The van der Waals surface area contributed by atoms with E-state index in [0.717, 1.165) is 5.56 Å². The van der Waals surface area contributed by atoms with Gasteiger partial charge in [0.05, 0.1) is 15.6 Å². The Kier molecular flexibility index (Phi) is 4.58. The molecule has 0 spiro atoms. The average Bonchev–Trinajstić information content (AvgIpc) is 2.40. The lowest BCUT2D eigenvalue weighted by atomic mass is 10.2. The Balaban J connectivity index is 2.17. The first-order valence-electron chi connectivity index (χ1n) is 5.87. The summed E-state index contributed by atoms with van der Waals surface area (Å²) in [4.78, 5) is 0.272. The number of hydrogen-bond donors (Lipinski definition) is 1. The van der Waals surface area contributed by atoms with Gasteiger partial charge in [-0.1, -0.05) is 40.9 Å². The van der Waals surface area contributed by atoms with Crippen molar-refractivity contribution < 1.29 is 8.42 Å². The Morgan fingerprint density at radius 2 is 1.70 bits per heavy atom. The molecule has 0 aliphatic rings. The quantitative estimate of drug-likeness (QED) is 0.916. The van der Waals surface area contributed by atoms with Gasteiger partial charge in [-0.25, -0.2) is 8.42 Å². The lowest BCUT2D eigenvalue weighted by Crippen LogP contribution is -2.15. The van der Waals surface area contributed by atoms with Crippen molar-refractivity contribution in [2.45, 2.75) is 11.8 Å². The van der Waals surface area contributed by atoms with Gasteiger partial charge in [0.1, 0.15) is 5.88 Å². The predicted octanol–water partition coefficient (Wildman–Crippen LogP) is 4.15. The van der Waals surface area contributed by atoms with E-state index in [4.69, 9.17) is 23.2 Å². The van der Waals surface area contributed by atoms with Crippen LogP contribution in [0.2, 0.25) is 10.0 Å². The van der Waals surface area contributed by atoms with Crippen molar-refractivity contribution in [1.29, 1.82) is 0 Å². The Bertz CT molecular complexity index is 712. The van der Waals surface area contributed by atoms with Gasteiger partial charge in [-0.2, -0.15) is 0 Å². The summed E-state index contributed by atoms with van der Waals surface area (Å²) in [6.45, 7) is 1.90. The first-order valence-corrected chi connectivity index (χ1v) is 8.28. The van der Waals surface area contributed by atoms with E-state index < -0.39 is 9.84 Å². The first kappa shape index (κ1) is 15.2. The number of benzene rings is 2. The van der Waals surface area contributed by atoms with Crippen LogP contribution in [0.5, 0.6) is 0 Å². The highest BCUT2D eigenvalue weighted by molar-refractivity contribution is 7.91. The molecule has 0 atom stereocenters. The van der Waals surface area contributed by atoms with Gasteiger partial charge in [0.2, 0.25) is 0 Å². The molecule has 0 amide bonds. The van der Waals surface area contributed by atoms with E-state index >= 15 is 0 Å². The number of nitrogens with one attached hydrogen (secondary N) is 1. The zero-order chi connectivity index (χ0) is 14.8. The third kappa shape index (κ3) is 3.66. The minimum absolute atomic E-state index is 0.240. The monoisotopic (exact) mass is 329 g/mol. The molecule has 0 radical (unpaired) electrons. The molecule has 2 aromatic rings. The predicted molar refractivity (Wildman–Crippen MR) is 83.3 cm³/mol. The zero-order valence-corrected chi connectivity index (χ0v) is 13.1. The van der Waals surface area contributed by atoms with E-state index in [0.29, 0.717) is 15.7 Å². The van der Waals surface area contributed by atoms with Gasteiger partial charge in [0, 0.05) is 5.02 Å². The molecular weight excluding hydrogens is 317 g/mol. The molecule has 2 rings (SSSR count). The fourth-order valence-electron chi connectivity index (χ4n) is 1.63. The molecule has 0 saturated carbocycles. The second-order valence-corrected chi connectivity index (χ2v) is 7.21. The van der Waals surface area contributed by atoms with Crippen LogP contribution < -0.4 is 5.32 Å². The van der Waals surface area contributed by atoms with Crippen molar-refractivity contribution >= 4 is 38.7 Å². The van der Waals surface area contributed by atoms with Crippen LogP contribution in [0.4, 0.5) is 5.69 Å². The van der Waals surface area contributed by atoms with Gasteiger partial charge in [-0.05, 0) is 37.3 Å². The van der Waals surface area contributed by atoms with Crippen LogP contribution in [0.1, 0.15) is 5.56 Å². The largest absolute Gasteiger partial charge is 0.370 e. The SMILES string of the molecule is Cc1ccc(S(=O)(=O)CNc2cc(Cl)ccc2Cl)cc1. The van der Waals surface area contributed by atoms with E-state index in [1.165, 1.54) is 0 Å². The molecule has 3 nitrogen and oxygen atoms in total. The van der Waals surface area contributed by atoms with Crippen LogP contribution in [0, 0.1) is 6.92 Å². The molecule has 0 fully saturated rings. The fourth-order valence-corrected chi connectivity index (χ4v) is 3.05. The molecule has 106 valence electrons. The average molecular weight is 330 g/mol. The lowest BCUT2D eigenvalue weighted by molar-refractivity contribution is 0.598. The van der Waals surface area contributed by atoms with E-state index in [-0.39, 0.29) is 10.8 Å². The van der Waals surface area contributed by atoms with Gasteiger partial charge >= 0.3 is 0 Å². The van der Waals surface area contributed by atoms with Gasteiger partial charge in [-0.15, -0.1) is 0 Å². The number of halogens is 2. The van der Waals surface area contributed by atoms with Gasteiger partial charge in [-0.3, -0.25) is 0 Å². The summed E-state index contributed by atoms with van der Waals surface area (Å²) >= 11 is 11.8. The van der Waals surface area contributed by atoms with Crippen LogP contribution in [0.3, 0.4) is 0 Å². The molecule has 0 unspecified atom stereocenters. The molecule has 6 heteroatoms. The summed E-state index contributed by atoms with van der Waals surface area (Å²) in [5, 5.41) is 3.72. The van der Waals surface area contributed by atoms with Crippen molar-refractivity contribution in [3.05, 3.63) is 58.1 Å². The molecule has 0 aromatic heterocycles. The number of sulfone groups is 1. The topological polar surface area (TPSA) is 46.2 Å². The molecule has 20 heavy (non-hydrogen) atoms. The standard InChI is InChI=1S/C14H13Cl2NO2S/c1-10-2-5-12(6-3-10)20(18,19)9-17-14-8-11(15)4-7-13(14)16/h2-8,17H,9H2,1H3. The molecule has 0 aliphatic carbocycles. The molecule has 0 heterocycles. The normalized spacial score (nSPS) is 11.3. The maximum absolute atomic E-state index is 12.2. The molecular formula is C14H13Cl2NO2S. The van der Waals surface area contributed by atoms with Crippen molar-refractivity contribution in [3.63, 3.8) is 0 Å². The summed E-state index contributed by atoms with van der Waals surface area (Å²) in [7, 11) is -3.42. The van der Waals surface area contributed by atoms with Crippen molar-refractivity contribution in [2.24, 2.45) is 0 Å². The van der Waals surface area contributed by atoms with E-state index in [1.807, 2.05) is 6.92 Å². The second kappa shape index (κ2) is 6.04. The van der Waals surface area contributed by atoms with Crippen molar-refractivity contribution in [2.75, 3.05) is 11.2 Å². The summed E-state index contributed by atoms with van der Waals surface area (Å²) in [6.07, 6.45) is 0. The molecule has 0 bridgehead atoms. The third-order valence-electron chi connectivity index (χ3n) is 2.76. The van der Waals surface area contributed by atoms with Gasteiger partial charge in [0.25, 0.3) is 0 Å². The van der Waals surface area contributed by atoms with Crippen LogP contribution in [-0.4, -0.2) is 14.3 Å². The van der Waals surface area contributed by atoms with Crippen LogP contribution in [0.15, 0.2) is 47.4 Å². The molecule has 1 N–H and O–H groups in total. The van der Waals surface area contributed by atoms with Crippen LogP contribution >= 0.6 is 23.2 Å². The Labute approximate surface area is 128 Å². The smallest absolute Gasteiger partial charge is 0.196 e. The third-order valence-corrected chi connectivity index (χ3v) is 4.84. The molecule has 0 saturated heterocycles. The minimum Gasteiger partial charge on any atom is -0.370 e. The van der Waals surface area contributed by atoms with E-state index in [1.54, 1.807) is 42.5 Å². The first-order chi connectivity index (χ1) is 9.38. The zero-order valence-electron chi connectivity index (χ0n) is 10.7. The van der Waals surface area contributed by atoms with Crippen molar-refractivity contribution in [3.8, 4) is 0 Å². The minimum atomic E-state index is -3.42. The maximum atomic E-state index is 12.2. The van der Waals surface area contributed by atoms with Crippen LogP contribution in [0.25, 0.3) is 0 Å². The Hall–Kier alpha value is -1.23. The number of aryl methyl sites for hydroxylation is 1. The number of rotatable bonds is 4. The maximum Gasteiger partial charge on any atom is 0.196 e.